The minimum absolute atomic E-state index is 0.101. The number of likely N-dealkylation sites (tertiary alicyclic amines) is 1. The molecule has 7 heteroatoms. The first-order valence-corrected chi connectivity index (χ1v) is 9.67. The normalized spacial score (nSPS) is 22.5. The van der Waals surface area contributed by atoms with Crippen LogP contribution in [0.5, 0.6) is 0 Å². The van der Waals surface area contributed by atoms with E-state index in [1.807, 2.05) is 0 Å². The summed E-state index contributed by atoms with van der Waals surface area (Å²) in [5.74, 6) is -0.674. The Balaban J connectivity index is 1.56. The fourth-order valence-electron chi connectivity index (χ4n) is 3.84. The maximum Gasteiger partial charge on any atom is 0.233 e. The number of benzene rings is 1. The predicted molar refractivity (Wildman–Crippen MR) is 99.7 cm³/mol. The van der Waals surface area contributed by atoms with E-state index in [1.165, 1.54) is 4.90 Å². The standard InChI is InChI=1S/C19H22Cl2N2O3/c1-22(11-12-6-7-13(20)10-16(12)21)17(24)8-9-23-18(25)14-4-2-3-5-15(14)19(23)26/h6-7,10,14-15H,2-5,8-9,11H2,1H3/t14-,15-/m1/s1. The molecule has 5 nitrogen and oxygen atoms in total. The zero-order valence-corrected chi connectivity index (χ0v) is 16.2. The number of amides is 3. The molecule has 26 heavy (non-hydrogen) atoms. The van der Waals surface area contributed by atoms with Crippen molar-refractivity contribution in [3.8, 4) is 0 Å². The smallest absolute Gasteiger partial charge is 0.233 e. The fraction of sp³-hybridized carbons (Fsp3) is 0.526. The van der Waals surface area contributed by atoms with Crippen LogP contribution in [0.4, 0.5) is 0 Å². The summed E-state index contributed by atoms with van der Waals surface area (Å²) >= 11 is 12.0. The number of halogens is 2. The molecule has 1 saturated carbocycles. The molecule has 1 aromatic carbocycles. The average molecular weight is 397 g/mol. The maximum absolute atomic E-state index is 12.5. The van der Waals surface area contributed by atoms with Gasteiger partial charge in [-0.2, -0.15) is 0 Å². The second-order valence-electron chi connectivity index (χ2n) is 7.06. The number of rotatable bonds is 5. The minimum atomic E-state index is -0.169. The first-order chi connectivity index (χ1) is 12.4. The second-order valence-corrected chi connectivity index (χ2v) is 7.90. The van der Waals surface area contributed by atoms with Crippen LogP contribution >= 0.6 is 23.2 Å². The Hall–Kier alpha value is -1.59. The highest BCUT2D eigenvalue weighted by Gasteiger charge is 2.47. The molecule has 140 valence electrons. The van der Waals surface area contributed by atoms with Gasteiger partial charge in [-0.25, -0.2) is 0 Å². The van der Waals surface area contributed by atoms with Crippen LogP contribution in [0.25, 0.3) is 0 Å². The van der Waals surface area contributed by atoms with Crippen molar-refractivity contribution < 1.29 is 14.4 Å². The third kappa shape index (κ3) is 3.89. The molecule has 1 saturated heterocycles. The molecule has 0 radical (unpaired) electrons. The first kappa shape index (κ1) is 19.2. The summed E-state index contributed by atoms with van der Waals surface area (Å²) in [5.41, 5.74) is 0.797. The van der Waals surface area contributed by atoms with Gasteiger partial charge < -0.3 is 4.90 Å². The zero-order chi connectivity index (χ0) is 18.8. The van der Waals surface area contributed by atoms with Crippen LogP contribution in [0, 0.1) is 11.8 Å². The molecule has 1 aliphatic carbocycles. The number of carbonyl (C=O) groups excluding carboxylic acids is 3. The van der Waals surface area contributed by atoms with Gasteiger partial charge in [0.25, 0.3) is 0 Å². The van der Waals surface area contributed by atoms with E-state index in [4.69, 9.17) is 23.2 Å². The van der Waals surface area contributed by atoms with Crippen molar-refractivity contribution in [2.45, 2.75) is 38.6 Å². The molecule has 2 fully saturated rings. The SMILES string of the molecule is CN(Cc1ccc(Cl)cc1Cl)C(=O)CCN1C(=O)[C@@H]2CCCC[C@H]2C1=O. The van der Waals surface area contributed by atoms with Gasteiger partial charge in [0, 0.05) is 36.6 Å². The van der Waals surface area contributed by atoms with Crippen LogP contribution in [0.3, 0.4) is 0 Å². The number of carbonyl (C=O) groups is 3. The molecule has 1 aromatic rings. The van der Waals surface area contributed by atoms with Gasteiger partial charge in [-0.3, -0.25) is 19.3 Å². The molecular formula is C19H22Cl2N2O3. The van der Waals surface area contributed by atoms with E-state index >= 15 is 0 Å². The van der Waals surface area contributed by atoms with Crippen LogP contribution in [-0.2, 0) is 20.9 Å². The van der Waals surface area contributed by atoms with Crippen molar-refractivity contribution in [3.63, 3.8) is 0 Å². The second kappa shape index (κ2) is 7.97. The summed E-state index contributed by atoms with van der Waals surface area (Å²) in [5, 5.41) is 1.05. The summed E-state index contributed by atoms with van der Waals surface area (Å²) < 4.78 is 0. The van der Waals surface area contributed by atoms with Gasteiger partial charge in [-0.05, 0) is 30.5 Å². The molecule has 3 rings (SSSR count). The number of hydrogen-bond donors (Lipinski definition) is 0. The largest absolute Gasteiger partial charge is 0.341 e. The highest BCUT2D eigenvalue weighted by molar-refractivity contribution is 6.35. The Morgan fingerprint density at radius 1 is 1.15 bits per heavy atom. The van der Waals surface area contributed by atoms with E-state index in [0.717, 1.165) is 31.2 Å². The Morgan fingerprint density at radius 2 is 1.77 bits per heavy atom. The summed E-state index contributed by atoms with van der Waals surface area (Å²) in [7, 11) is 1.68. The number of fused-ring (bicyclic) bond motifs is 1. The molecule has 1 aliphatic heterocycles. The lowest BCUT2D eigenvalue weighted by Crippen LogP contribution is -2.36. The highest BCUT2D eigenvalue weighted by atomic mass is 35.5. The Bertz CT molecular complexity index is 713. The summed E-state index contributed by atoms with van der Waals surface area (Å²) in [6.07, 6.45) is 3.69. The first-order valence-electron chi connectivity index (χ1n) is 8.91. The van der Waals surface area contributed by atoms with Gasteiger partial charge in [0.05, 0.1) is 11.8 Å². The van der Waals surface area contributed by atoms with E-state index < -0.39 is 0 Å². The molecular weight excluding hydrogens is 375 g/mol. The fourth-order valence-corrected chi connectivity index (χ4v) is 4.31. The molecule has 0 unspecified atom stereocenters. The van der Waals surface area contributed by atoms with Gasteiger partial charge >= 0.3 is 0 Å². The number of hydrogen-bond acceptors (Lipinski definition) is 3. The van der Waals surface area contributed by atoms with Crippen LogP contribution in [0.1, 0.15) is 37.7 Å². The van der Waals surface area contributed by atoms with Crippen LogP contribution in [0.2, 0.25) is 10.0 Å². The molecule has 0 aromatic heterocycles. The Labute approximate surface area is 163 Å². The summed E-state index contributed by atoms with van der Waals surface area (Å²) in [6, 6.07) is 5.15. The molecule has 2 atom stereocenters. The Kier molecular flexibility index (Phi) is 5.88. The van der Waals surface area contributed by atoms with E-state index in [-0.39, 0.29) is 42.5 Å². The summed E-state index contributed by atoms with van der Waals surface area (Å²) in [6.45, 7) is 0.504. The van der Waals surface area contributed by atoms with Crippen molar-refractivity contribution in [1.29, 1.82) is 0 Å². The molecule has 0 spiro atoms. The van der Waals surface area contributed by atoms with Crippen molar-refractivity contribution >= 4 is 40.9 Å². The van der Waals surface area contributed by atoms with Crippen LogP contribution < -0.4 is 0 Å². The van der Waals surface area contributed by atoms with Gasteiger partial charge in [-0.15, -0.1) is 0 Å². The molecule has 0 N–H and O–H groups in total. The quantitative estimate of drug-likeness (QED) is 0.715. The third-order valence-corrected chi connectivity index (χ3v) is 5.92. The van der Waals surface area contributed by atoms with E-state index in [2.05, 4.69) is 0 Å². The van der Waals surface area contributed by atoms with Crippen LogP contribution in [-0.4, -0.2) is 41.1 Å². The predicted octanol–water partition coefficient (Wildman–Crippen LogP) is 3.52. The van der Waals surface area contributed by atoms with Crippen molar-refractivity contribution in [3.05, 3.63) is 33.8 Å². The lowest BCUT2D eigenvalue weighted by Gasteiger charge is -2.20. The lowest BCUT2D eigenvalue weighted by atomic mass is 9.81. The summed E-state index contributed by atoms with van der Waals surface area (Å²) in [4.78, 5) is 40.2. The lowest BCUT2D eigenvalue weighted by molar-refractivity contribution is -0.140. The number of nitrogens with zero attached hydrogens (tertiary/aromatic N) is 2. The van der Waals surface area contributed by atoms with Crippen LogP contribution in [0.15, 0.2) is 18.2 Å². The topological polar surface area (TPSA) is 57.7 Å². The average Bonchev–Trinajstić information content (AvgIpc) is 2.86. The minimum Gasteiger partial charge on any atom is -0.341 e. The molecule has 3 amide bonds. The maximum atomic E-state index is 12.5. The van der Waals surface area contributed by atoms with E-state index in [9.17, 15) is 14.4 Å². The molecule has 0 bridgehead atoms. The van der Waals surface area contributed by atoms with Gasteiger partial charge in [0.15, 0.2) is 0 Å². The molecule has 2 aliphatic rings. The van der Waals surface area contributed by atoms with Gasteiger partial charge in [-0.1, -0.05) is 42.1 Å². The van der Waals surface area contributed by atoms with Crippen molar-refractivity contribution in [1.82, 2.24) is 9.80 Å². The van der Waals surface area contributed by atoms with Gasteiger partial charge in [0.2, 0.25) is 17.7 Å². The number of imide groups is 1. The molecule has 1 heterocycles. The highest BCUT2D eigenvalue weighted by Crippen LogP contribution is 2.38. The van der Waals surface area contributed by atoms with Crippen molar-refractivity contribution in [2.75, 3.05) is 13.6 Å². The monoisotopic (exact) mass is 396 g/mol. The zero-order valence-electron chi connectivity index (χ0n) is 14.7. The Morgan fingerprint density at radius 3 is 2.35 bits per heavy atom. The van der Waals surface area contributed by atoms with Gasteiger partial charge in [0.1, 0.15) is 0 Å². The third-order valence-electron chi connectivity index (χ3n) is 5.33. The van der Waals surface area contributed by atoms with E-state index in [0.29, 0.717) is 16.6 Å². The van der Waals surface area contributed by atoms with Crippen molar-refractivity contribution in [2.24, 2.45) is 11.8 Å². The van der Waals surface area contributed by atoms with E-state index in [1.54, 1.807) is 30.1 Å².